The van der Waals surface area contributed by atoms with Crippen molar-refractivity contribution < 1.29 is 18.4 Å². The van der Waals surface area contributed by atoms with Crippen LogP contribution in [0.25, 0.3) is 0 Å². The summed E-state index contributed by atoms with van der Waals surface area (Å²) in [4.78, 5) is 9.86. The Morgan fingerprint density at radius 1 is 1.37 bits per heavy atom. The van der Waals surface area contributed by atoms with Gasteiger partial charge in [0.25, 0.3) is 5.69 Å². The van der Waals surface area contributed by atoms with Crippen LogP contribution in [0.3, 0.4) is 0 Å². The summed E-state index contributed by atoms with van der Waals surface area (Å²) in [7, 11) is -3.92. The number of benzene rings is 1. The Morgan fingerprint density at radius 2 is 1.84 bits per heavy atom. The fourth-order valence-corrected chi connectivity index (χ4v) is 3.10. The zero-order chi connectivity index (χ0) is 14.8. The van der Waals surface area contributed by atoms with Gasteiger partial charge in [-0.25, -0.2) is 8.42 Å². The topological polar surface area (TPSA) is 97.5 Å². The van der Waals surface area contributed by atoms with Gasteiger partial charge >= 0.3 is 0 Å². The highest BCUT2D eigenvalue weighted by Crippen LogP contribution is 2.41. The summed E-state index contributed by atoms with van der Waals surface area (Å²) in [5, 5.41) is 20.4. The van der Waals surface area contributed by atoms with Gasteiger partial charge in [0.1, 0.15) is 6.10 Å². The fourth-order valence-electron chi connectivity index (χ4n) is 1.33. The molecule has 1 aromatic carbocycles. The fraction of sp³-hybridized carbons (Fsp3) is 0.400. The van der Waals surface area contributed by atoms with Crippen molar-refractivity contribution in [3.63, 3.8) is 0 Å². The molecule has 19 heavy (non-hydrogen) atoms. The van der Waals surface area contributed by atoms with Crippen LogP contribution in [0.15, 0.2) is 24.3 Å². The Bertz CT molecular complexity index is 570. The van der Waals surface area contributed by atoms with E-state index in [-0.39, 0.29) is 17.0 Å². The number of aliphatic hydroxyl groups excluding tert-OH is 1. The Kier molecular flexibility index (Phi) is 4.78. The number of nitro groups is 1. The predicted octanol–water partition coefficient (Wildman–Crippen LogP) is 2.19. The van der Waals surface area contributed by atoms with Crippen molar-refractivity contribution in [1.29, 1.82) is 0 Å². The first-order valence-corrected chi connectivity index (χ1v) is 7.57. The van der Waals surface area contributed by atoms with E-state index in [1.807, 2.05) is 0 Å². The molecule has 1 unspecified atom stereocenters. The second-order valence-electron chi connectivity index (χ2n) is 3.72. The van der Waals surface area contributed by atoms with E-state index in [1.165, 1.54) is 19.1 Å². The van der Waals surface area contributed by atoms with Crippen molar-refractivity contribution in [2.75, 3.05) is 5.75 Å². The number of rotatable bonds is 5. The molecule has 0 bridgehead atoms. The van der Waals surface area contributed by atoms with Gasteiger partial charge in [-0.1, -0.05) is 30.1 Å². The molecule has 0 aromatic heterocycles. The number of sulfone groups is 1. The lowest BCUT2D eigenvalue weighted by Crippen LogP contribution is -2.34. The third-order valence-electron chi connectivity index (χ3n) is 2.53. The van der Waals surface area contributed by atoms with Crippen molar-refractivity contribution in [1.82, 2.24) is 0 Å². The molecule has 0 aliphatic rings. The van der Waals surface area contributed by atoms with Gasteiger partial charge < -0.3 is 5.11 Å². The zero-order valence-corrected chi connectivity index (χ0v) is 12.1. The highest BCUT2D eigenvalue weighted by Gasteiger charge is 2.46. The first kappa shape index (κ1) is 16.2. The van der Waals surface area contributed by atoms with E-state index < -0.39 is 24.5 Å². The molecule has 106 valence electrons. The van der Waals surface area contributed by atoms with Crippen LogP contribution in [0, 0.1) is 10.1 Å². The average molecular weight is 328 g/mol. The maximum atomic E-state index is 11.7. The van der Waals surface area contributed by atoms with E-state index in [4.69, 9.17) is 23.2 Å². The number of nitro benzene ring substituents is 1. The van der Waals surface area contributed by atoms with Crippen LogP contribution in [-0.2, 0) is 9.84 Å². The number of hydrogen-bond donors (Lipinski definition) is 1. The SMILES string of the molecule is CCS(=O)(=O)C(Cl)(Cl)C(O)c1ccc([N+](=O)[O-])cc1. The molecule has 0 fully saturated rings. The average Bonchev–Trinajstić information content (AvgIpc) is 2.37. The van der Waals surface area contributed by atoms with E-state index >= 15 is 0 Å². The molecule has 0 amide bonds. The van der Waals surface area contributed by atoms with Crippen molar-refractivity contribution in [2.45, 2.75) is 16.7 Å². The minimum atomic E-state index is -3.92. The summed E-state index contributed by atoms with van der Waals surface area (Å²) in [5.41, 5.74) is -0.114. The van der Waals surface area contributed by atoms with Gasteiger partial charge in [0.15, 0.2) is 9.84 Å². The highest BCUT2D eigenvalue weighted by molar-refractivity contribution is 7.95. The van der Waals surface area contributed by atoms with Gasteiger partial charge in [0.2, 0.25) is 3.67 Å². The molecule has 6 nitrogen and oxygen atoms in total. The number of aliphatic hydroxyl groups is 1. The van der Waals surface area contributed by atoms with Gasteiger partial charge in [0.05, 0.1) is 10.7 Å². The molecule has 0 saturated carbocycles. The Hall–Kier alpha value is -0.890. The second kappa shape index (κ2) is 5.62. The lowest BCUT2D eigenvalue weighted by atomic mass is 10.1. The van der Waals surface area contributed by atoms with Gasteiger partial charge in [-0.2, -0.15) is 0 Å². The summed E-state index contributed by atoms with van der Waals surface area (Å²) in [6, 6.07) is 4.66. The van der Waals surface area contributed by atoms with Crippen molar-refractivity contribution >= 4 is 38.7 Å². The highest BCUT2D eigenvalue weighted by atomic mass is 35.5. The largest absolute Gasteiger partial charge is 0.384 e. The molecule has 1 N–H and O–H groups in total. The first-order chi connectivity index (χ1) is 8.63. The second-order valence-corrected chi connectivity index (χ2v) is 8.00. The van der Waals surface area contributed by atoms with Gasteiger partial charge in [-0.15, -0.1) is 0 Å². The molecule has 9 heteroatoms. The molecule has 0 spiro atoms. The Balaban J connectivity index is 3.13. The lowest BCUT2D eigenvalue weighted by Gasteiger charge is -2.25. The van der Waals surface area contributed by atoms with E-state index in [9.17, 15) is 23.6 Å². The lowest BCUT2D eigenvalue weighted by molar-refractivity contribution is -0.384. The van der Waals surface area contributed by atoms with Crippen LogP contribution < -0.4 is 0 Å². The molecular weight excluding hydrogens is 317 g/mol. The van der Waals surface area contributed by atoms with Gasteiger partial charge in [-0.05, 0) is 17.7 Å². The Morgan fingerprint density at radius 3 is 2.21 bits per heavy atom. The Labute approximate surface area is 120 Å². The normalized spacial score (nSPS) is 14.1. The van der Waals surface area contributed by atoms with Gasteiger partial charge in [0, 0.05) is 12.1 Å². The van der Waals surface area contributed by atoms with E-state index in [0.29, 0.717) is 0 Å². The van der Waals surface area contributed by atoms with E-state index in [0.717, 1.165) is 12.1 Å². The minimum absolute atomic E-state index is 0.0765. The maximum Gasteiger partial charge on any atom is 0.269 e. The standard InChI is InChI=1S/C10H11Cl2NO5S/c1-2-19(17,18)10(11,12)9(14)7-3-5-8(6-4-7)13(15)16/h3-6,9,14H,2H2,1H3. The predicted molar refractivity (Wildman–Crippen MR) is 72.0 cm³/mol. The first-order valence-electron chi connectivity index (χ1n) is 5.16. The molecule has 0 heterocycles. The van der Waals surface area contributed by atoms with Crippen LogP contribution in [0.4, 0.5) is 5.69 Å². The quantitative estimate of drug-likeness (QED) is 0.508. The van der Waals surface area contributed by atoms with Crippen LogP contribution >= 0.6 is 23.2 Å². The van der Waals surface area contributed by atoms with E-state index in [1.54, 1.807) is 0 Å². The summed E-state index contributed by atoms with van der Waals surface area (Å²) in [6.07, 6.45) is -1.71. The van der Waals surface area contributed by atoms with Crippen LogP contribution in [0.2, 0.25) is 0 Å². The van der Waals surface area contributed by atoms with Crippen molar-refractivity contribution in [3.05, 3.63) is 39.9 Å². The van der Waals surface area contributed by atoms with Crippen molar-refractivity contribution in [3.8, 4) is 0 Å². The van der Waals surface area contributed by atoms with E-state index in [2.05, 4.69) is 0 Å². The molecule has 1 atom stereocenters. The molecule has 1 rings (SSSR count). The van der Waals surface area contributed by atoms with Crippen LogP contribution in [0.1, 0.15) is 18.6 Å². The number of hydrogen-bond acceptors (Lipinski definition) is 5. The molecule has 0 aliphatic carbocycles. The molecule has 0 radical (unpaired) electrons. The molecule has 0 aliphatic heterocycles. The number of non-ortho nitro benzene ring substituents is 1. The molecule has 0 saturated heterocycles. The molecular formula is C10H11Cl2NO5S. The third-order valence-corrected chi connectivity index (χ3v) is 6.17. The third kappa shape index (κ3) is 3.17. The minimum Gasteiger partial charge on any atom is -0.384 e. The zero-order valence-electron chi connectivity index (χ0n) is 9.79. The van der Waals surface area contributed by atoms with Crippen LogP contribution in [0.5, 0.6) is 0 Å². The molecule has 1 aromatic rings. The maximum absolute atomic E-state index is 11.7. The summed E-state index contributed by atoms with van der Waals surface area (Å²) < 4.78 is 21.0. The summed E-state index contributed by atoms with van der Waals surface area (Å²) >= 11 is 11.4. The number of alkyl halides is 2. The smallest absolute Gasteiger partial charge is 0.269 e. The van der Waals surface area contributed by atoms with Gasteiger partial charge in [-0.3, -0.25) is 10.1 Å². The number of halogens is 2. The summed E-state index contributed by atoms with van der Waals surface area (Å²) in [5.74, 6) is -0.343. The summed E-state index contributed by atoms with van der Waals surface area (Å²) in [6.45, 7) is 1.34. The van der Waals surface area contributed by atoms with Crippen molar-refractivity contribution in [2.24, 2.45) is 0 Å². The monoisotopic (exact) mass is 327 g/mol. The van der Waals surface area contributed by atoms with Crippen LogP contribution in [-0.4, -0.2) is 27.9 Å². The number of nitrogens with zero attached hydrogens (tertiary/aromatic N) is 1.